The third-order valence-corrected chi connectivity index (χ3v) is 6.13. The highest BCUT2D eigenvalue weighted by molar-refractivity contribution is 7.80. The number of hydrogen-bond acceptors (Lipinski definition) is 5. The lowest BCUT2D eigenvalue weighted by Gasteiger charge is -2.32. The van der Waals surface area contributed by atoms with Crippen LogP contribution in [0.4, 0.5) is 5.69 Å². The van der Waals surface area contributed by atoms with E-state index in [2.05, 4.69) is 36.3 Å². The summed E-state index contributed by atoms with van der Waals surface area (Å²) in [6.07, 6.45) is 0. The van der Waals surface area contributed by atoms with Crippen LogP contribution in [0.1, 0.15) is 36.7 Å². The maximum absolute atomic E-state index is 12.8. The maximum Gasteiger partial charge on any atom is 0.264 e. The van der Waals surface area contributed by atoms with Crippen LogP contribution in [0.5, 0.6) is 5.75 Å². The van der Waals surface area contributed by atoms with E-state index in [0.29, 0.717) is 35.1 Å². The van der Waals surface area contributed by atoms with Gasteiger partial charge in [0.05, 0.1) is 10.7 Å². The molecule has 2 N–H and O–H groups in total. The number of nitrogens with zero attached hydrogens (tertiary/aromatic N) is 2. The van der Waals surface area contributed by atoms with Crippen molar-refractivity contribution < 1.29 is 14.3 Å². The molecule has 2 aromatic rings. The molecule has 0 atom stereocenters. The molecule has 3 rings (SSSR count). The van der Waals surface area contributed by atoms with Crippen molar-refractivity contribution in [1.29, 1.82) is 0 Å². The van der Waals surface area contributed by atoms with Gasteiger partial charge in [0.25, 0.3) is 11.8 Å². The summed E-state index contributed by atoms with van der Waals surface area (Å²) >= 11 is 11.5. The summed E-state index contributed by atoms with van der Waals surface area (Å²) in [6, 6.07) is 12.6. The number of hydrogen-bond donors (Lipinski definition) is 2. The first-order chi connectivity index (χ1) is 16.0. The Morgan fingerprint density at radius 2 is 1.71 bits per heavy atom. The normalized spacial score (nSPS) is 14.4. The van der Waals surface area contributed by atoms with Gasteiger partial charge in [0.1, 0.15) is 5.75 Å². The van der Waals surface area contributed by atoms with Crippen molar-refractivity contribution in [3.05, 3.63) is 58.6 Å². The van der Waals surface area contributed by atoms with Crippen molar-refractivity contribution in [2.24, 2.45) is 0 Å². The van der Waals surface area contributed by atoms with Crippen molar-refractivity contribution >= 4 is 46.4 Å². The third-order valence-electron chi connectivity index (χ3n) is 5.60. The number of halogens is 1. The van der Waals surface area contributed by atoms with Gasteiger partial charge in [0.2, 0.25) is 0 Å². The van der Waals surface area contributed by atoms with E-state index >= 15 is 0 Å². The smallest absolute Gasteiger partial charge is 0.264 e. The van der Waals surface area contributed by atoms with Crippen molar-refractivity contribution in [3.63, 3.8) is 0 Å². The lowest BCUT2D eigenvalue weighted by Crippen LogP contribution is -2.47. The van der Waals surface area contributed by atoms with Gasteiger partial charge in [-0.25, -0.2) is 0 Å². The molecular formula is C25H31ClN4O3S. The highest BCUT2D eigenvalue weighted by atomic mass is 35.5. The van der Waals surface area contributed by atoms with Gasteiger partial charge in [-0.15, -0.1) is 0 Å². The molecule has 0 saturated carbocycles. The molecule has 34 heavy (non-hydrogen) atoms. The van der Waals surface area contributed by atoms with Crippen LogP contribution in [0.2, 0.25) is 5.02 Å². The van der Waals surface area contributed by atoms with Crippen LogP contribution in [-0.2, 0) is 10.2 Å². The van der Waals surface area contributed by atoms with Gasteiger partial charge in [0, 0.05) is 31.7 Å². The first kappa shape index (κ1) is 25.9. The Labute approximate surface area is 211 Å². The van der Waals surface area contributed by atoms with Crippen molar-refractivity contribution in [3.8, 4) is 5.75 Å². The highest BCUT2D eigenvalue weighted by Crippen LogP contribution is 2.25. The largest absolute Gasteiger partial charge is 0.484 e. The van der Waals surface area contributed by atoms with Gasteiger partial charge < -0.3 is 19.9 Å². The molecule has 0 aromatic heterocycles. The second-order valence-corrected chi connectivity index (χ2v) is 10.2. The number of carbonyl (C=O) groups excluding carboxylic acids is 2. The predicted octanol–water partition coefficient (Wildman–Crippen LogP) is 3.92. The summed E-state index contributed by atoms with van der Waals surface area (Å²) in [4.78, 5) is 29.1. The third kappa shape index (κ3) is 7.16. The minimum absolute atomic E-state index is 0.0431. The van der Waals surface area contributed by atoms with E-state index in [1.165, 1.54) is 5.56 Å². The van der Waals surface area contributed by atoms with Gasteiger partial charge in [0.15, 0.2) is 11.7 Å². The van der Waals surface area contributed by atoms with Gasteiger partial charge in [-0.1, -0.05) is 44.5 Å². The average molecular weight is 503 g/mol. The van der Waals surface area contributed by atoms with Crippen molar-refractivity contribution in [2.45, 2.75) is 26.2 Å². The topological polar surface area (TPSA) is 73.9 Å². The Kier molecular flexibility index (Phi) is 8.52. The number of rotatable bonds is 5. The van der Waals surface area contributed by atoms with E-state index in [1.54, 1.807) is 18.2 Å². The number of likely N-dealkylation sites (N-methyl/N-ethyl adjacent to an activating group) is 1. The van der Waals surface area contributed by atoms with E-state index in [4.69, 9.17) is 28.6 Å². The second-order valence-electron chi connectivity index (χ2n) is 9.36. The fourth-order valence-corrected chi connectivity index (χ4v) is 3.85. The van der Waals surface area contributed by atoms with Gasteiger partial charge in [-0.3, -0.25) is 14.9 Å². The number of anilines is 1. The Bertz CT molecular complexity index is 1050. The number of amides is 2. The van der Waals surface area contributed by atoms with Gasteiger partial charge >= 0.3 is 0 Å². The van der Waals surface area contributed by atoms with E-state index < -0.39 is 5.91 Å². The molecule has 182 valence electrons. The Balaban J connectivity index is 1.53. The monoisotopic (exact) mass is 502 g/mol. The van der Waals surface area contributed by atoms with Crippen LogP contribution < -0.4 is 15.4 Å². The zero-order valence-electron chi connectivity index (χ0n) is 20.0. The summed E-state index contributed by atoms with van der Waals surface area (Å²) in [5.41, 5.74) is 2.18. The minimum atomic E-state index is -0.404. The van der Waals surface area contributed by atoms with Crippen LogP contribution >= 0.6 is 23.8 Å². The summed E-state index contributed by atoms with van der Waals surface area (Å²) in [5.74, 6) is 0.132. The van der Waals surface area contributed by atoms with Gasteiger partial charge in [-0.2, -0.15) is 0 Å². The zero-order chi connectivity index (χ0) is 24.9. The molecule has 1 saturated heterocycles. The molecule has 1 heterocycles. The predicted molar refractivity (Wildman–Crippen MR) is 140 cm³/mol. The SMILES string of the molecule is CN1CCN(C(=O)c2ccc(Cl)c(NC(=S)NC(=O)COc3ccc(C(C)(C)C)cc3)c2)CC1. The lowest BCUT2D eigenvalue weighted by molar-refractivity contribution is -0.121. The molecular weight excluding hydrogens is 472 g/mol. The van der Waals surface area contributed by atoms with E-state index in [9.17, 15) is 9.59 Å². The Hall–Kier alpha value is -2.68. The number of ether oxygens (including phenoxy) is 1. The van der Waals surface area contributed by atoms with Crippen molar-refractivity contribution in [1.82, 2.24) is 15.1 Å². The number of benzene rings is 2. The molecule has 0 aliphatic carbocycles. The minimum Gasteiger partial charge on any atom is -0.484 e. The number of thiocarbonyl (C=S) groups is 1. The Morgan fingerprint density at radius 3 is 2.32 bits per heavy atom. The Morgan fingerprint density at radius 1 is 1.06 bits per heavy atom. The summed E-state index contributed by atoms with van der Waals surface area (Å²) < 4.78 is 5.56. The molecule has 9 heteroatoms. The van der Waals surface area contributed by atoms with E-state index in [-0.39, 0.29) is 23.0 Å². The molecule has 0 radical (unpaired) electrons. The quantitative estimate of drug-likeness (QED) is 0.604. The molecule has 1 fully saturated rings. The molecule has 2 aromatic carbocycles. The van der Waals surface area contributed by atoms with Crippen LogP contribution in [-0.4, -0.2) is 66.6 Å². The fourth-order valence-electron chi connectivity index (χ4n) is 3.46. The molecule has 0 unspecified atom stereocenters. The number of piperazine rings is 1. The molecule has 1 aliphatic heterocycles. The zero-order valence-corrected chi connectivity index (χ0v) is 21.6. The number of nitrogens with one attached hydrogen (secondary N) is 2. The highest BCUT2D eigenvalue weighted by Gasteiger charge is 2.21. The first-order valence-corrected chi connectivity index (χ1v) is 11.9. The maximum atomic E-state index is 12.8. The van der Waals surface area contributed by atoms with Crippen LogP contribution in [0, 0.1) is 0 Å². The van der Waals surface area contributed by atoms with E-state index in [1.807, 2.05) is 36.2 Å². The van der Waals surface area contributed by atoms with E-state index in [0.717, 1.165) is 13.1 Å². The average Bonchev–Trinajstić information content (AvgIpc) is 2.79. The first-order valence-electron chi connectivity index (χ1n) is 11.1. The van der Waals surface area contributed by atoms with Crippen LogP contribution in [0.3, 0.4) is 0 Å². The van der Waals surface area contributed by atoms with Gasteiger partial charge in [-0.05, 0) is 60.6 Å². The molecule has 2 amide bonds. The summed E-state index contributed by atoms with van der Waals surface area (Å²) in [6.45, 7) is 9.23. The molecule has 7 nitrogen and oxygen atoms in total. The summed E-state index contributed by atoms with van der Waals surface area (Å²) in [7, 11) is 2.04. The molecule has 0 bridgehead atoms. The summed E-state index contributed by atoms with van der Waals surface area (Å²) in [5, 5.41) is 5.94. The molecule has 1 aliphatic rings. The second kappa shape index (κ2) is 11.2. The molecule has 0 spiro atoms. The number of carbonyl (C=O) groups is 2. The fraction of sp³-hybridized carbons (Fsp3) is 0.400. The lowest BCUT2D eigenvalue weighted by atomic mass is 9.87. The standard InChI is InChI=1S/C25H31ClN4O3S/c1-25(2,3)18-6-8-19(9-7-18)33-16-22(31)28-24(34)27-21-15-17(5-10-20(21)26)23(32)30-13-11-29(4)12-14-30/h5-10,15H,11-14,16H2,1-4H3,(H2,27,28,31,34). The van der Waals surface area contributed by atoms with Crippen molar-refractivity contribution in [2.75, 3.05) is 45.2 Å². The van der Waals surface area contributed by atoms with Crippen LogP contribution in [0.15, 0.2) is 42.5 Å². The van der Waals surface area contributed by atoms with Crippen LogP contribution in [0.25, 0.3) is 0 Å².